The van der Waals surface area contributed by atoms with Crippen LogP contribution in [0.5, 0.6) is 0 Å². The maximum atomic E-state index is 12.9. The third-order valence-electron chi connectivity index (χ3n) is 3.04. The molecule has 2 aromatic rings. The molecule has 0 aliphatic carbocycles. The molecule has 1 unspecified atom stereocenters. The van der Waals surface area contributed by atoms with E-state index < -0.39 is 17.4 Å². The van der Waals surface area contributed by atoms with Crippen molar-refractivity contribution in [3.8, 4) is 0 Å². The molecule has 0 aliphatic rings. The molecule has 0 bridgehead atoms. The van der Waals surface area contributed by atoms with Crippen LogP contribution in [0.25, 0.3) is 0 Å². The second kappa shape index (κ2) is 4.82. The predicted octanol–water partition coefficient (Wildman–Crippen LogP) is 2.45. The first-order chi connectivity index (χ1) is 8.94. The smallest absolute Gasteiger partial charge is 0.345 e. The molecular weight excluding hydrogens is 247 g/mol. The van der Waals surface area contributed by atoms with Crippen LogP contribution in [0.1, 0.15) is 16.7 Å². The quantitative estimate of drug-likeness (QED) is 0.891. The number of benzene rings is 2. The first-order valence-electron chi connectivity index (χ1n) is 5.73. The number of carboxylic acid groups (broad SMARTS) is 1. The molecule has 1 atom stereocenters. The average Bonchev–Trinajstić information content (AvgIpc) is 2.39. The predicted molar refractivity (Wildman–Crippen MR) is 68.2 cm³/mol. The van der Waals surface area contributed by atoms with Gasteiger partial charge in [-0.2, -0.15) is 0 Å². The standard InChI is InChI=1S/C15H13FO3/c1-10-2-4-11(5-3-10)15(19,14(17)18)12-6-8-13(16)9-7-12/h2-9,19H,1H3,(H,17,18). The lowest BCUT2D eigenvalue weighted by Crippen LogP contribution is -2.36. The Balaban J connectivity index is 2.57. The number of hydrogen-bond acceptors (Lipinski definition) is 2. The molecule has 19 heavy (non-hydrogen) atoms. The van der Waals surface area contributed by atoms with Gasteiger partial charge in [-0.3, -0.25) is 0 Å². The first-order valence-corrected chi connectivity index (χ1v) is 5.73. The van der Waals surface area contributed by atoms with Crippen molar-refractivity contribution >= 4 is 5.97 Å². The summed E-state index contributed by atoms with van der Waals surface area (Å²) in [6.45, 7) is 1.86. The van der Waals surface area contributed by atoms with E-state index in [1.54, 1.807) is 24.3 Å². The van der Waals surface area contributed by atoms with Gasteiger partial charge in [-0.1, -0.05) is 42.0 Å². The van der Waals surface area contributed by atoms with Crippen LogP contribution in [0.4, 0.5) is 4.39 Å². The lowest BCUT2D eigenvalue weighted by molar-refractivity contribution is -0.155. The van der Waals surface area contributed by atoms with Crippen molar-refractivity contribution in [2.45, 2.75) is 12.5 Å². The molecule has 2 aromatic carbocycles. The van der Waals surface area contributed by atoms with Gasteiger partial charge in [0.2, 0.25) is 5.60 Å². The van der Waals surface area contributed by atoms with E-state index in [1.807, 2.05) is 6.92 Å². The van der Waals surface area contributed by atoms with Crippen molar-refractivity contribution in [2.75, 3.05) is 0 Å². The second-order valence-electron chi connectivity index (χ2n) is 4.39. The van der Waals surface area contributed by atoms with Gasteiger partial charge in [0.25, 0.3) is 0 Å². The number of aryl methyl sites for hydroxylation is 1. The molecule has 0 amide bonds. The van der Waals surface area contributed by atoms with Crippen LogP contribution < -0.4 is 0 Å². The summed E-state index contributed by atoms with van der Waals surface area (Å²) in [7, 11) is 0. The van der Waals surface area contributed by atoms with Crippen LogP contribution in [0.15, 0.2) is 48.5 Å². The minimum absolute atomic E-state index is 0.116. The van der Waals surface area contributed by atoms with Crippen LogP contribution in [0.2, 0.25) is 0 Å². The normalized spacial score (nSPS) is 13.8. The summed E-state index contributed by atoms with van der Waals surface area (Å²) in [6.07, 6.45) is 0. The number of carboxylic acids is 1. The fourth-order valence-corrected chi connectivity index (χ4v) is 1.90. The number of hydrogen-bond donors (Lipinski definition) is 2. The van der Waals surface area contributed by atoms with Crippen molar-refractivity contribution in [2.24, 2.45) is 0 Å². The molecule has 98 valence electrons. The summed E-state index contributed by atoms with van der Waals surface area (Å²) in [5.41, 5.74) is -0.875. The SMILES string of the molecule is Cc1ccc(C(O)(C(=O)O)c2ccc(F)cc2)cc1. The molecule has 0 aliphatic heterocycles. The number of rotatable bonds is 3. The zero-order valence-corrected chi connectivity index (χ0v) is 10.3. The minimum atomic E-state index is -2.18. The van der Waals surface area contributed by atoms with Gasteiger partial charge < -0.3 is 10.2 Å². The molecule has 0 saturated heterocycles. The van der Waals surface area contributed by atoms with E-state index in [2.05, 4.69) is 0 Å². The Morgan fingerprint density at radius 2 is 1.42 bits per heavy atom. The number of carbonyl (C=O) groups is 1. The second-order valence-corrected chi connectivity index (χ2v) is 4.39. The Morgan fingerprint density at radius 1 is 1.00 bits per heavy atom. The Labute approximate surface area is 109 Å². The van der Waals surface area contributed by atoms with Gasteiger partial charge in [0, 0.05) is 0 Å². The molecule has 4 heteroatoms. The first kappa shape index (κ1) is 13.2. The molecule has 2 rings (SSSR count). The number of halogens is 1. The highest BCUT2D eigenvalue weighted by molar-refractivity contribution is 5.83. The summed E-state index contributed by atoms with van der Waals surface area (Å²) in [6, 6.07) is 11.3. The third kappa shape index (κ3) is 2.35. The summed E-state index contributed by atoms with van der Waals surface area (Å²) in [4.78, 5) is 11.4. The summed E-state index contributed by atoms with van der Waals surface area (Å²) in [5.74, 6) is -1.89. The molecule has 0 saturated carbocycles. The third-order valence-corrected chi connectivity index (χ3v) is 3.04. The summed E-state index contributed by atoms with van der Waals surface area (Å²) in [5, 5.41) is 19.8. The highest BCUT2D eigenvalue weighted by Gasteiger charge is 2.40. The number of aliphatic hydroxyl groups is 1. The van der Waals surface area contributed by atoms with Crippen LogP contribution in [-0.2, 0) is 10.4 Å². The molecular formula is C15H13FO3. The Morgan fingerprint density at radius 3 is 1.84 bits per heavy atom. The van der Waals surface area contributed by atoms with E-state index in [-0.39, 0.29) is 11.1 Å². The van der Waals surface area contributed by atoms with E-state index in [9.17, 15) is 19.4 Å². The lowest BCUT2D eigenvalue weighted by atomic mass is 9.86. The van der Waals surface area contributed by atoms with E-state index in [1.165, 1.54) is 12.1 Å². The maximum Gasteiger partial charge on any atom is 0.345 e. The van der Waals surface area contributed by atoms with Gasteiger partial charge >= 0.3 is 5.97 Å². The Bertz CT molecular complexity index is 542. The Hall–Kier alpha value is -2.20. The van der Waals surface area contributed by atoms with Crippen molar-refractivity contribution < 1.29 is 19.4 Å². The van der Waals surface area contributed by atoms with Gasteiger partial charge in [0.05, 0.1) is 0 Å². The van der Waals surface area contributed by atoms with Gasteiger partial charge in [-0.15, -0.1) is 0 Å². The highest BCUT2D eigenvalue weighted by Crippen LogP contribution is 2.30. The molecule has 0 aromatic heterocycles. The van der Waals surface area contributed by atoms with Crippen LogP contribution >= 0.6 is 0 Å². The van der Waals surface area contributed by atoms with E-state index in [0.717, 1.165) is 17.7 Å². The lowest BCUT2D eigenvalue weighted by Gasteiger charge is -2.24. The fourth-order valence-electron chi connectivity index (χ4n) is 1.90. The monoisotopic (exact) mass is 260 g/mol. The largest absolute Gasteiger partial charge is 0.479 e. The van der Waals surface area contributed by atoms with Crippen LogP contribution in [0.3, 0.4) is 0 Å². The molecule has 2 N–H and O–H groups in total. The zero-order valence-electron chi connectivity index (χ0n) is 10.3. The van der Waals surface area contributed by atoms with Gasteiger partial charge in [-0.25, -0.2) is 9.18 Å². The van der Waals surface area contributed by atoms with Crippen LogP contribution in [-0.4, -0.2) is 16.2 Å². The van der Waals surface area contributed by atoms with E-state index in [4.69, 9.17) is 0 Å². The summed E-state index contributed by atoms with van der Waals surface area (Å²) < 4.78 is 12.9. The molecule has 3 nitrogen and oxygen atoms in total. The van der Waals surface area contributed by atoms with Gasteiger partial charge in [-0.05, 0) is 30.2 Å². The van der Waals surface area contributed by atoms with E-state index in [0.29, 0.717) is 0 Å². The Kier molecular flexibility index (Phi) is 3.36. The molecule has 0 heterocycles. The summed E-state index contributed by atoms with van der Waals surface area (Å²) >= 11 is 0. The number of aliphatic carboxylic acids is 1. The minimum Gasteiger partial charge on any atom is -0.479 e. The zero-order chi connectivity index (χ0) is 14.0. The van der Waals surface area contributed by atoms with Crippen molar-refractivity contribution in [1.82, 2.24) is 0 Å². The van der Waals surface area contributed by atoms with Gasteiger partial charge in [0.15, 0.2) is 0 Å². The van der Waals surface area contributed by atoms with E-state index >= 15 is 0 Å². The van der Waals surface area contributed by atoms with Crippen molar-refractivity contribution in [1.29, 1.82) is 0 Å². The fraction of sp³-hybridized carbons (Fsp3) is 0.133. The van der Waals surface area contributed by atoms with Crippen molar-refractivity contribution in [3.63, 3.8) is 0 Å². The molecule has 0 fully saturated rings. The molecule has 0 radical (unpaired) electrons. The topological polar surface area (TPSA) is 57.5 Å². The average molecular weight is 260 g/mol. The maximum absolute atomic E-state index is 12.9. The van der Waals surface area contributed by atoms with Crippen molar-refractivity contribution in [3.05, 3.63) is 71.0 Å². The van der Waals surface area contributed by atoms with Crippen LogP contribution in [0, 0.1) is 12.7 Å². The van der Waals surface area contributed by atoms with Gasteiger partial charge in [0.1, 0.15) is 5.82 Å². The highest BCUT2D eigenvalue weighted by atomic mass is 19.1. The molecule has 0 spiro atoms.